The summed E-state index contributed by atoms with van der Waals surface area (Å²) in [5, 5.41) is 14.8. The minimum atomic E-state index is -0.652. The number of amides is 1. The van der Waals surface area contributed by atoms with Crippen molar-refractivity contribution in [3.05, 3.63) is 70.9 Å². The van der Waals surface area contributed by atoms with Gasteiger partial charge in [0.15, 0.2) is 0 Å². The van der Waals surface area contributed by atoms with E-state index in [0.29, 0.717) is 11.6 Å². The maximum atomic E-state index is 12.5. The minimum absolute atomic E-state index is 0.119. The third-order valence-electron chi connectivity index (χ3n) is 4.42. The van der Waals surface area contributed by atoms with Crippen molar-refractivity contribution in [1.29, 1.82) is 5.26 Å². The number of rotatable bonds is 7. The summed E-state index contributed by atoms with van der Waals surface area (Å²) in [6.45, 7) is 4.13. The Bertz CT molecular complexity index is 1050. The molecule has 8 heteroatoms. The Morgan fingerprint density at radius 3 is 2.19 bits per heavy atom. The fourth-order valence-electron chi connectivity index (χ4n) is 2.64. The van der Waals surface area contributed by atoms with Crippen LogP contribution in [0, 0.1) is 11.3 Å². The van der Waals surface area contributed by atoms with Crippen molar-refractivity contribution >= 4 is 29.2 Å². The number of methoxy groups -OCH3 is 2. The molecule has 2 aromatic carbocycles. The van der Waals surface area contributed by atoms with Crippen molar-refractivity contribution in [2.24, 2.45) is 0 Å². The van der Waals surface area contributed by atoms with Crippen LogP contribution < -0.4 is 10.6 Å². The van der Waals surface area contributed by atoms with Crippen molar-refractivity contribution in [3.63, 3.8) is 0 Å². The van der Waals surface area contributed by atoms with Crippen LogP contribution in [0.25, 0.3) is 0 Å². The first kappa shape index (κ1) is 23.2. The summed E-state index contributed by atoms with van der Waals surface area (Å²) in [5.74, 6) is -1.53. The molecule has 0 radical (unpaired) electrons. The zero-order valence-electron chi connectivity index (χ0n) is 17.7. The van der Waals surface area contributed by atoms with Gasteiger partial charge >= 0.3 is 11.9 Å². The molecule has 2 aromatic rings. The Balaban J connectivity index is 2.26. The number of hydrogen-bond acceptors (Lipinski definition) is 7. The number of esters is 2. The fraction of sp³-hybridized carbons (Fsp3) is 0.217. The molecule has 0 saturated heterocycles. The standard InChI is InChI=1S/C23H23N3O5/c1-14(2)15-5-8-18(9-6-15)26-21(27)17(12-24)13-25-20-11-16(22(28)30-3)7-10-19(20)23(29)31-4/h5-11,13-14,25H,1-4H3,(H,26,27)/b17-13-. The first-order chi connectivity index (χ1) is 14.8. The van der Waals surface area contributed by atoms with E-state index < -0.39 is 17.8 Å². The smallest absolute Gasteiger partial charge is 0.339 e. The van der Waals surface area contributed by atoms with E-state index in [2.05, 4.69) is 29.2 Å². The van der Waals surface area contributed by atoms with Gasteiger partial charge in [0.05, 0.1) is 31.0 Å². The van der Waals surface area contributed by atoms with Gasteiger partial charge in [0.25, 0.3) is 5.91 Å². The van der Waals surface area contributed by atoms with Crippen LogP contribution in [-0.4, -0.2) is 32.1 Å². The molecule has 0 aliphatic carbocycles. The summed E-state index contributed by atoms with van der Waals surface area (Å²) in [5.41, 5.74) is 1.91. The van der Waals surface area contributed by atoms with Gasteiger partial charge in [-0.25, -0.2) is 9.59 Å². The summed E-state index contributed by atoms with van der Waals surface area (Å²) in [7, 11) is 2.45. The van der Waals surface area contributed by atoms with Crippen LogP contribution in [0.5, 0.6) is 0 Å². The van der Waals surface area contributed by atoms with Gasteiger partial charge in [-0.15, -0.1) is 0 Å². The first-order valence-electron chi connectivity index (χ1n) is 9.39. The molecule has 0 heterocycles. The van der Waals surface area contributed by atoms with Crippen LogP contribution in [0.4, 0.5) is 11.4 Å². The lowest BCUT2D eigenvalue weighted by Gasteiger charge is -2.11. The number of carbonyl (C=O) groups is 3. The van der Waals surface area contributed by atoms with Crippen LogP contribution >= 0.6 is 0 Å². The molecule has 0 bridgehead atoms. The van der Waals surface area contributed by atoms with E-state index in [0.717, 1.165) is 11.8 Å². The topological polar surface area (TPSA) is 118 Å². The van der Waals surface area contributed by atoms with Crippen LogP contribution in [0.2, 0.25) is 0 Å². The van der Waals surface area contributed by atoms with Gasteiger partial charge in [0.2, 0.25) is 0 Å². The molecule has 0 aromatic heterocycles. The van der Waals surface area contributed by atoms with Crippen molar-refractivity contribution in [2.75, 3.05) is 24.9 Å². The largest absolute Gasteiger partial charge is 0.465 e. The second-order valence-corrected chi connectivity index (χ2v) is 6.79. The van der Waals surface area contributed by atoms with Gasteiger partial charge in [0.1, 0.15) is 11.6 Å². The van der Waals surface area contributed by atoms with E-state index in [1.807, 2.05) is 18.2 Å². The molecule has 0 atom stereocenters. The number of benzene rings is 2. The van der Waals surface area contributed by atoms with Crippen LogP contribution in [0.15, 0.2) is 54.2 Å². The molecule has 0 aliphatic rings. The maximum absolute atomic E-state index is 12.5. The highest BCUT2D eigenvalue weighted by atomic mass is 16.5. The second-order valence-electron chi connectivity index (χ2n) is 6.79. The lowest BCUT2D eigenvalue weighted by atomic mass is 10.0. The van der Waals surface area contributed by atoms with Crippen LogP contribution in [-0.2, 0) is 14.3 Å². The first-order valence-corrected chi connectivity index (χ1v) is 9.39. The second kappa shape index (κ2) is 10.6. The average Bonchev–Trinajstić information content (AvgIpc) is 2.78. The van der Waals surface area contributed by atoms with Crippen LogP contribution in [0.3, 0.4) is 0 Å². The highest BCUT2D eigenvalue weighted by Crippen LogP contribution is 2.21. The van der Waals surface area contributed by atoms with Crippen LogP contribution in [0.1, 0.15) is 46.0 Å². The molecule has 160 valence electrons. The average molecular weight is 421 g/mol. The van der Waals surface area contributed by atoms with E-state index in [9.17, 15) is 19.6 Å². The Morgan fingerprint density at radius 2 is 1.65 bits per heavy atom. The molecular weight excluding hydrogens is 398 g/mol. The van der Waals surface area contributed by atoms with E-state index in [4.69, 9.17) is 4.74 Å². The fourth-order valence-corrected chi connectivity index (χ4v) is 2.64. The van der Waals surface area contributed by atoms with Gasteiger partial charge in [0, 0.05) is 11.9 Å². The lowest BCUT2D eigenvalue weighted by Crippen LogP contribution is -2.15. The van der Waals surface area contributed by atoms with Gasteiger partial charge in [-0.2, -0.15) is 5.26 Å². The molecule has 0 aliphatic heterocycles. The highest BCUT2D eigenvalue weighted by molar-refractivity contribution is 6.07. The molecule has 8 nitrogen and oxygen atoms in total. The molecule has 0 saturated carbocycles. The molecule has 31 heavy (non-hydrogen) atoms. The molecule has 0 spiro atoms. The summed E-state index contributed by atoms with van der Waals surface area (Å²) in [4.78, 5) is 36.3. The predicted octanol–water partition coefficient (Wildman–Crippen LogP) is 3.84. The molecular formula is C23H23N3O5. The summed E-state index contributed by atoms with van der Waals surface area (Å²) in [6.07, 6.45) is 1.15. The number of hydrogen-bond donors (Lipinski definition) is 2. The van der Waals surface area contributed by atoms with E-state index >= 15 is 0 Å². The van der Waals surface area contributed by atoms with Crippen molar-refractivity contribution in [1.82, 2.24) is 0 Å². The third kappa shape index (κ3) is 5.93. The number of anilines is 2. The normalized spacial score (nSPS) is 10.8. The van der Waals surface area contributed by atoms with Crippen molar-refractivity contribution < 1.29 is 23.9 Å². The molecule has 2 N–H and O–H groups in total. The quantitative estimate of drug-likeness (QED) is 0.396. The van der Waals surface area contributed by atoms with E-state index in [1.165, 1.54) is 32.4 Å². The van der Waals surface area contributed by atoms with Gasteiger partial charge < -0.3 is 20.1 Å². The summed E-state index contributed by atoms with van der Waals surface area (Å²) >= 11 is 0. The number of nitriles is 1. The van der Waals surface area contributed by atoms with Gasteiger partial charge in [-0.3, -0.25) is 4.79 Å². The highest BCUT2D eigenvalue weighted by Gasteiger charge is 2.16. The van der Waals surface area contributed by atoms with Crippen molar-refractivity contribution in [3.8, 4) is 6.07 Å². The zero-order chi connectivity index (χ0) is 23.0. The molecule has 2 rings (SSSR count). The Morgan fingerprint density at radius 1 is 1.00 bits per heavy atom. The predicted molar refractivity (Wildman–Crippen MR) is 116 cm³/mol. The Kier molecular flexibility index (Phi) is 7.92. The lowest BCUT2D eigenvalue weighted by molar-refractivity contribution is -0.112. The van der Waals surface area contributed by atoms with Gasteiger partial charge in [-0.05, 0) is 41.8 Å². The number of carbonyl (C=O) groups excluding carboxylic acids is 3. The third-order valence-corrected chi connectivity index (χ3v) is 4.42. The molecule has 0 fully saturated rings. The number of nitrogens with zero attached hydrogens (tertiary/aromatic N) is 1. The minimum Gasteiger partial charge on any atom is -0.465 e. The summed E-state index contributed by atoms with van der Waals surface area (Å²) < 4.78 is 9.41. The van der Waals surface area contributed by atoms with Crippen molar-refractivity contribution in [2.45, 2.75) is 19.8 Å². The van der Waals surface area contributed by atoms with Gasteiger partial charge in [-0.1, -0.05) is 26.0 Å². The number of ether oxygens (including phenoxy) is 2. The number of nitrogens with one attached hydrogen (secondary N) is 2. The van der Waals surface area contributed by atoms with E-state index in [1.54, 1.807) is 12.1 Å². The molecule has 0 unspecified atom stereocenters. The monoisotopic (exact) mass is 421 g/mol. The molecule has 1 amide bonds. The Labute approximate surface area is 180 Å². The van der Waals surface area contributed by atoms with E-state index in [-0.39, 0.29) is 22.4 Å². The summed E-state index contributed by atoms with van der Waals surface area (Å²) in [6, 6.07) is 13.3. The SMILES string of the molecule is COC(=O)c1ccc(C(=O)OC)c(N/C=C(/C#N)C(=O)Nc2ccc(C(C)C)cc2)c1. The maximum Gasteiger partial charge on any atom is 0.339 e. The Hall–Kier alpha value is -4.12. The zero-order valence-corrected chi connectivity index (χ0v) is 17.7.